The van der Waals surface area contributed by atoms with Crippen LogP contribution in [-0.4, -0.2) is 85.5 Å². The lowest BCUT2D eigenvalue weighted by atomic mass is 10.0. The van der Waals surface area contributed by atoms with Gasteiger partial charge in [0.2, 0.25) is 0 Å². The van der Waals surface area contributed by atoms with Gasteiger partial charge >= 0.3 is 0 Å². The average Bonchev–Trinajstić information content (AvgIpc) is 3.31. The number of benzene rings is 2. The first kappa shape index (κ1) is 28.5. The van der Waals surface area contributed by atoms with Gasteiger partial charge in [0.1, 0.15) is 23.7 Å². The Hall–Kier alpha value is -3.22. The van der Waals surface area contributed by atoms with E-state index in [1.54, 1.807) is 18.2 Å². The fraction of sp³-hybridized carbons (Fsp3) is 0.452. The highest BCUT2D eigenvalue weighted by Crippen LogP contribution is 2.50. The molecule has 4 atom stereocenters. The SMILES string of the molecule is O=C(Cc1cc2c(Nc3ccc(F)c(Cl)c3)ncnc2cc1OCC1C2COCC21)/C(F)=C\CN1C[C@@H]2OCCO[C@@H]2C1. The molecule has 4 aliphatic rings. The minimum atomic E-state index is -0.805. The highest BCUT2D eigenvalue weighted by molar-refractivity contribution is 6.31. The molecule has 2 aromatic carbocycles. The predicted molar refractivity (Wildman–Crippen MR) is 155 cm³/mol. The third-order valence-corrected chi connectivity index (χ3v) is 9.03. The molecule has 226 valence electrons. The molecule has 0 bridgehead atoms. The maximum atomic E-state index is 15.2. The fourth-order valence-corrected chi connectivity index (χ4v) is 6.45. The normalized spacial score (nSPS) is 26.8. The molecule has 3 saturated heterocycles. The minimum Gasteiger partial charge on any atom is -0.493 e. The Labute approximate surface area is 252 Å². The number of nitrogens with one attached hydrogen (secondary N) is 1. The van der Waals surface area contributed by atoms with Crippen molar-refractivity contribution in [2.24, 2.45) is 17.8 Å². The molecule has 0 radical (unpaired) electrons. The van der Waals surface area contributed by atoms with E-state index in [0.717, 1.165) is 13.2 Å². The number of allylic oxidation sites excluding steroid dienone is 1. The number of carbonyl (C=O) groups is 1. The van der Waals surface area contributed by atoms with Crippen molar-refractivity contribution in [2.45, 2.75) is 18.6 Å². The van der Waals surface area contributed by atoms with Gasteiger partial charge in [-0.3, -0.25) is 9.69 Å². The first-order chi connectivity index (χ1) is 20.9. The van der Waals surface area contributed by atoms with Crippen LogP contribution in [0.4, 0.5) is 20.3 Å². The van der Waals surface area contributed by atoms with Gasteiger partial charge in [-0.1, -0.05) is 11.6 Å². The van der Waals surface area contributed by atoms with Gasteiger partial charge in [-0.05, 0) is 42.2 Å². The number of hydrogen-bond acceptors (Lipinski definition) is 9. The average molecular weight is 613 g/mol. The van der Waals surface area contributed by atoms with Crippen molar-refractivity contribution in [1.82, 2.24) is 14.9 Å². The number of aromatic nitrogens is 2. The quantitative estimate of drug-likeness (QED) is 0.332. The summed E-state index contributed by atoms with van der Waals surface area (Å²) >= 11 is 5.96. The lowest BCUT2D eigenvalue weighted by molar-refractivity contribution is -0.116. The molecule has 4 fully saturated rings. The minimum absolute atomic E-state index is 0.0215. The van der Waals surface area contributed by atoms with Crippen LogP contribution in [0.5, 0.6) is 5.75 Å². The van der Waals surface area contributed by atoms with Gasteiger partial charge in [0.25, 0.3) is 0 Å². The zero-order valence-electron chi connectivity index (χ0n) is 23.3. The van der Waals surface area contributed by atoms with Gasteiger partial charge < -0.3 is 24.3 Å². The topological polar surface area (TPSA) is 95.0 Å². The summed E-state index contributed by atoms with van der Waals surface area (Å²) in [7, 11) is 0. The Kier molecular flexibility index (Phi) is 8.00. The monoisotopic (exact) mass is 612 g/mol. The molecule has 0 amide bonds. The summed E-state index contributed by atoms with van der Waals surface area (Å²) in [5, 5.41) is 3.71. The van der Waals surface area contributed by atoms with Crippen molar-refractivity contribution in [2.75, 3.05) is 58.0 Å². The number of ketones is 1. The summed E-state index contributed by atoms with van der Waals surface area (Å²) in [6.07, 6.45) is 2.47. The van der Waals surface area contributed by atoms with Crippen molar-refractivity contribution >= 4 is 39.8 Å². The first-order valence-corrected chi connectivity index (χ1v) is 14.9. The van der Waals surface area contributed by atoms with Crippen LogP contribution in [-0.2, 0) is 25.4 Å². The smallest absolute Gasteiger partial charge is 0.195 e. The largest absolute Gasteiger partial charge is 0.493 e. The number of fused-ring (bicyclic) bond motifs is 3. The van der Waals surface area contributed by atoms with E-state index in [1.807, 2.05) is 4.90 Å². The lowest BCUT2D eigenvalue weighted by Crippen LogP contribution is -2.36. The Morgan fingerprint density at radius 1 is 1.12 bits per heavy atom. The lowest BCUT2D eigenvalue weighted by Gasteiger charge is -2.24. The fourth-order valence-electron chi connectivity index (χ4n) is 6.27. The number of carbonyl (C=O) groups excluding carboxylic acids is 1. The molecular formula is C31H31ClF2N4O5. The van der Waals surface area contributed by atoms with E-state index >= 15 is 4.39 Å². The zero-order valence-corrected chi connectivity index (χ0v) is 24.1. The second-order valence-electron chi connectivity index (χ2n) is 11.5. The van der Waals surface area contributed by atoms with E-state index in [4.69, 9.17) is 30.5 Å². The van der Waals surface area contributed by atoms with Crippen molar-refractivity contribution < 1.29 is 32.5 Å². The van der Waals surface area contributed by atoms with Crippen LogP contribution in [0.1, 0.15) is 5.56 Å². The third-order valence-electron chi connectivity index (χ3n) is 8.75. The van der Waals surface area contributed by atoms with Crippen LogP contribution in [0.25, 0.3) is 10.9 Å². The second-order valence-corrected chi connectivity index (χ2v) is 11.9. The number of likely N-dealkylation sites (tertiary alicyclic amines) is 1. The van der Waals surface area contributed by atoms with Crippen LogP contribution in [0.2, 0.25) is 5.02 Å². The summed E-state index contributed by atoms with van der Waals surface area (Å²) in [5.74, 6) is 0.307. The molecule has 9 nitrogen and oxygen atoms in total. The summed E-state index contributed by atoms with van der Waals surface area (Å²) in [6.45, 7) is 4.63. The molecule has 0 spiro atoms. The molecule has 4 heterocycles. The van der Waals surface area contributed by atoms with E-state index in [-0.39, 0.29) is 30.2 Å². The number of Topliss-reactive ketones (excluding diaryl/α,β-unsaturated/α-hetero) is 1. The number of halogens is 3. The van der Waals surface area contributed by atoms with Crippen LogP contribution in [0.15, 0.2) is 48.6 Å². The predicted octanol–water partition coefficient (Wildman–Crippen LogP) is 4.50. The van der Waals surface area contributed by atoms with Gasteiger partial charge in [-0.25, -0.2) is 18.7 Å². The second kappa shape index (κ2) is 12.0. The molecule has 1 saturated carbocycles. The molecule has 1 N–H and O–H groups in total. The summed E-state index contributed by atoms with van der Waals surface area (Å²) in [6, 6.07) is 7.76. The maximum Gasteiger partial charge on any atom is 0.195 e. The van der Waals surface area contributed by atoms with E-state index in [1.165, 1.54) is 24.5 Å². The Balaban J connectivity index is 1.12. The van der Waals surface area contributed by atoms with E-state index in [2.05, 4.69) is 15.3 Å². The van der Waals surface area contributed by atoms with Gasteiger partial charge in [0.05, 0.1) is 55.8 Å². The van der Waals surface area contributed by atoms with Gasteiger partial charge in [-0.2, -0.15) is 0 Å². The molecule has 3 aliphatic heterocycles. The van der Waals surface area contributed by atoms with Crippen molar-refractivity contribution in [3.05, 3.63) is 65.0 Å². The Morgan fingerprint density at radius 2 is 1.88 bits per heavy atom. The van der Waals surface area contributed by atoms with E-state index in [9.17, 15) is 9.18 Å². The molecule has 43 heavy (non-hydrogen) atoms. The van der Waals surface area contributed by atoms with Crippen molar-refractivity contribution in [1.29, 1.82) is 0 Å². The standard InChI is InChI=1S/C31H31ClF2N4O5/c32-23-9-18(1-2-24(23)33)37-31-19-7-17(8-27(39)25(34)3-4-38-11-29-30(12-38)42-6-5-41-29)28(10-26(19)35-16-36-31)43-15-22-20-13-40-14-21(20)22/h1-3,7,9-10,16,20-22,29-30H,4-6,8,11-15H2,(H,35,36,37)/b25-3+/t20?,21?,22?,29-,30+. The number of nitrogens with zero attached hydrogens (tertiary/aromatic N) is 3. The molecular weight excluding hydrogens is 582 g/mol. The van der Waals surface area contributed by atoms with Crippen LogP contribution < -0.4 is 10.1 Å². The molecule has 12 heteroatoms. The van der Waals surface area contributed by atoms with Gasteiger partial charge in [-0.15, -0.1) is 0 Å². The summed E-state index contributed by atoms with van der Waals surface area (Å²) in [4.78, 5) is 23.9. The number of hydrogen-bond donors (Lipinski definition) is 1. The Bertz CT molecular complexity index is 1550. The summed E-state index contributed by atoms with van der Waals surface area (Å²) < 4.78 is 52.1. The van der Waals surface area contributed by atoms with Crippen LogP contribution in [0.3, 0.4) is 0 Å². The van der Waals surface area contributed by atoms with Crippen molar-refractivity contribution in [3.63, 3.8) is 0 Å². The number of rotatable bonds is 10. The van der Waals surface area contributed by atoms with Crippen LogP contribution >= 0.6 is 11.6 Å². The Morgan fingerprint density at radius 3 is 2.63 bits per heavy atom. The summed E-state index contributed by atoms with van der Waals surface area (Å²) in [5.41, 5.74) is 1.62. The molecule has 1 aliphatic carbocycles. The zero-order chi connectivity index (χ0) is 29.5. The molecule has 3 aromatic rings. The number of ether oxygens (including phenoxy) is 4. The van der Waals surface area contributed by atoms with Gasteiger partial charge in [0.15, 0.2) is 11.6 Å². The number of anilines is 2. The molecule has 2 unspecified atom stereocenters. The van der Waals surface area contributed by atoms with Gasteiger partial charge in [0, 0.05) is 54.7 Å². The molecule has 1 aromatic heterocycles. The third kappa shape index (κ3) is 6.09. The first-order valence-electron chi connectivity index (χ1n) is 14.5. The van der Waals surface area contributed by atoms with Crippen molar-refractivity contribution in [3.8, 4) is 5.75 Å². The maximum absolute atomic E-state index is 15.2. The molecule has 7 rings (SSSR count). The van der Waals surface area contributed by atoms with Crippen LogP contribution in [0, 0.1) is 23.6 Å². The highest BCUT2D eigenvalue weighted by Gasteiger charge is 2.54. The van der Waals surface area contributed by atoms with E-state index in [0.29, 0.717) is 84.4 Å². The highest BCUT2D eigenvalue weighted by atomic mass is 35.5. The van der Waals surface area contributed by atoms with E-state index < -0.39 is 17.4 Å².